The Morgan fingerprint density at radius 2 is 2.12 bits per heavy atom. The van der Waals surface area contributed by atoms with Gasteiger partial charge >= 0.3 is 0 Å². The predicted molar refractivity (Wildman–Crippen MR) is 66.2 cm³/mol. The molecule has 0 saturated carbocycles. The largest absolute Gasteiger partial charge is 0.395 e. The molecule has 1 N–H and O–H groups in total. The average molecular weight is 265 g/mol. The summed E-state index contributed by atoms with van der Waals surface area (Å²) in [7, 11) is -1.69. The maximum Gasteiger partial charge on any atom is 0.214 e. The lowest BCUT2D eigenvalue weighted by molar-refractivity contribution is 0.113. The molecule has 17 heavy (non-hydrogen) atoms. The molecule has 5 nitrogen and oxygen atoms in total. The highest BCUT2D eigenvalue weighted by molar-refractivity contribution is 7.89. The van der Waals surface area contributed by atoms with E-state index in [-0.39, 0.29) is 24.5 Å². The zero-order valence-electron chi connectivity index (χ0n) is 10.8. The van der Waals surface area contributed by atoms with Crippen LogP contribution in [0.15, 0.2) is 0 Å². The summed E-state index contributed by atoms with van der Waals surface area (Å²) in [5, 5.41) is 9.23. The minimum absolute atomic E-state index is 0.0963. The predicted octanol–water partition coefficient (Wildman–Crippen LogP) is 0.444. The van der Waals surface area contributed by atoms with Gasteiger partial charge in [0.2, 0.25) is 10.0 Å². The van der Waals surface area contributed by atoms with Crippen LogP contribution in [0.4, 0.5) is 0 Å². The number of rotatable bonds is 6. The summed E-state index contributed by atoms with van der Waals surface area (Å²) < 4.78 is 30.8. The number of sulfonamides is 1. The van der Waals surface area contributed by atoms with Crippen LogP contribution in [0.3, 0.4) is 0 Å². The number of methoxy groups -OCH3 is 1. The first-order valence-electron chi connectivity index (χ1n) is 6.04. The molecule has 0 amide bonds. The summed E-state index contributed by atoms with van der Waals surface area (Å²) >= 11 is 0. The van der Waals surface area contributed by atoms with E-state index in [2.05, 4.69) is 0 Å². The van der Waals surface area contributed by atoms with Crippen molar-refractivity contribution in [2.75, 3.05) is 26.0 Å². The molecule has 1 aliphatic heterocycles. The molecule has 6 heteroatoms. The van der Waals surface area contributed by atoms with Crippen LogP contribution >= 0.6 is 0 Å². The van der Waals surface area contributed by atoms with Crippen molar-refractivity contribution in [1.82, 2.24) is 4.31 Å². The van der Waals surface area contributed by atoms with Crippen molar-refractivity contribution in [2.24, 2.45) is 5.92 Å². The first-order valence-corrected chi connectivity index (χ1v) is 7.64. The molecule has 0 aromatic rings. The summed E-state index contributed by atoms with van der Waals surface area (Å²) in [5.74, 6) is 0.510. The number of hydrogen-bond donors (Lipinski definition) is 1. The molecular formula is C11H23NO4S. The molecule has 0 aromatic heterocycles. The number of nitrogens with zero attached hydrogens (tertiary/aromatic N) is 1. The Kier molecular flexibility index (Phi) is 5.37. The van der Waals surface area contributed by atoms with Crippen molar-refractivity contribution >= 4 is 10.0 Å². The van der Waals surface area contributed by atoms with Crippen molar-refractivity contribution in [3.63, 3.8) is 0 Å². The van der Waals surface area contributed by atoms with Crippen molar-refractivity contribution < 1.29 is 18.3 Å². The third-order valence-electron chi connectivity index (χ3n) is 3.18. The third-order valence-corrected chi connectivity index (χ3v) is 5.09. The van der Waals surface area contributed by atoms with Crippen LogP contribution in [-0.2, 0) is 14.8 Å². The van der Waals surface area contributed by atoms with Gasteiger partial charge in [0.25, 0.3) is 0 Å². The standard InChI is InChI=1S/C11H23NO4S/c1-9(2)4-5-17(14,15)12-7-11(16-3)6-10(12)8-13/h9-11,13H,4-8H2,1-3H3/t10-,11-/m0/s1. The summed E-state index contributed by atoms with van der Waals surface area (Å²) in [5.41, 5.74) is 0. The van der Waals surface area contributed by atoms with Gasteiger partial charge in [-0.1, -0.05) is 13.8 Å². The van der Waals surface area contributed by atoms with Gasteiger partial charge in [0, 0.05) is 13.7 Å². The summed E-state index contributed by atoms with van der Waals surface area (Å²) in [4.78, 5) is 0. The van der Waals surface area contributed by atoms with Crippen LogP contribution < -0.4 is 0 Å². The summed E-state index contributed by atoms with van der Waals surface area (Å²) in [6.07, 6.45) is 1.13. The average Bonchev–Trinajstić information content (AvgIpc) is 2.70. The molecule has 0 aliphatic carbocycles. The number of aliphatic hydroxyl groups is 1. The van der Waals surface area contributed by atoms with E-state index in [1.807, 2.05) is 13.8 Å². The second kappa shape index (κ2) is 6.13. The van der Waals surface area contributed by atoms with E-state index in [1.54, 1.807) is 7.11 Å². The normalized spacial score (nSPS) is 26.9. The second-order valence-corrected chi connectivity index (χ2v) is 7.04. The molecule has 1 saturated heterocycles. The smallest absolute Gasteiger partial charge is 0.214 e. The van der Waals surface area contributed by atoms with Crippen LogP contribution in [0.25, 0.3) is 0 Å². The van der Waals surface area contributed by atoms with Crippen LogP contribution in [-0.4, -0.2) is 56.0 Å². The first-order chi connectivity index (χ1) is 7.90. The maximum absolute atomic E-state index is 12.1. The maximum atomic E-state index is 12.1. The van der Waals surface area contributed by atoms with Crippen molar-refractivity contribution in [3.8, 4) is 0 Å². The number of aliphatic hydroxyl groups excluding tert-OH is 1. The number of hydrogen-bond acceptors (Lipinski definition) is 4. The molecule has 1 rings (SSSR count). The molecule has 102 valence electrons. The Morgan fingerprint density at radius 1 is 1.47 bits per heavy atom. The number of ether oxygens (including phenoxy) is 1. The van der Waals surface area contributed by atoms with Gasteiger partial charge in [-0.05, 0) is 18.8 Å². The Hall–Kier alpha value is -0.170. The van der Waals surface area contributed by atoms with Crippen LogP contribution in [0, 0.1) is 5.92 Å². The lowest BCUT2D eigenvalue weighted by Gasteiger charge is -2.22. The zero-order valence-corrected chi connectivity index (χ0v) is 11.6. The second-order valence-electron chi connectivity index (χ2n) is 5.00. The molecule has 0 bridgehead atoms. The Morgan fingerprint density at radius 3 is 2.59 bits per heavy atom. The molecule has 0 spiro atoms. The van der Waals surface area contributed by atoms with Crippen LogP contribution in [0.5, 0.6) is 0 Å². The summed E-state index contributed by atoms with van der Waals surface area (Å²) in [6.45, 7) is 4.23. The zero-order chi connectivity index (χ0) is 13.1. The van der Waals surface area contributed by atoms with Gasteiger partial charge in [0.15, 0.2) is 0 Å². The lowest BCUT2D eigenvalue weighted by Crippen LogP contribution is -2.39. The first kappa shape index (κ1) is 14.9. The molecular weight excluding hydrogens is 242 g/mol. The molecule has 0 radical (unpaired) electrons. The van der Waals surface area contributed by atoms with E-state index < -0.39 is 10.0 Å². The third kappa shape index (κ3) is 3.91. The monoisotopic (exact) mass is 265 g/mol. The van der Waals surface area contributed by atoms with Crippen molar-refractivity contribution in [1.29, 1.82) is 0 Å². The van der Waals surface area contributed by atoms with E-state index in [0.29, 0.717) is 25.3 Å². The highest BCUT2D eigenvalue weighted by Gasteiger charge is 2.38. The van der Waals surface area contributed by atoms with Gasteiger partial charge in [-0.2, -0.15) is 4.31 Å². The molecule has 0 aromatic carbocycles. The van der Waals surface area contributed by atoms with Gasteiger partial charge < -0.3 is 9.84 Å². The quantitative estimate of drug-likeness (QED) is 0.757. The minimum atomic E-state index is -3.27. The molecule has 1 heterocycles. The molecule has 1 aliphatic rings. The highest BCUT2D eigenvalue weighted by Crippen LogP contribution is 2.24. The van der Waals surface area contributed by atoms with Gasteiger partial charge in [0.1, 0.15) is 0 Å². The van der Waals surface area contributed by atoms with E-state index in [0.717, 1.165) is 0 Å². The van der Waals surface area contributed by atoms with Gasteiger partial charge in [-0.15, -0.1) is 0 Å². The molecule has 2 atom stereocenters. The van der Waals surface area contributed by atoms with Crippen LogP contribution in [0.1, 0.15) is 26.7 Å². The van der Waals surface area contributed by atoms with Crippen LogP contribution in [0.2, 0.25) is 0 Å². The summed E-state index contributed by atoms with van der Waals surface area (Å²) in [6, 6.07) is -0.322. The SMILES string of the molecule is CO[C@H]1C[C@@H](CO)N(S(=O)(=O)CCC(C)C)C1. The van der Waals surface area contributed by atoms with E-state index in [4.69, 9.17) is 4.74 Å². The van der Waals surface area contributed by atoms with Crippen molar-refractivity contribution in [2.45, 2.75) is 38.8 Å². The van der Waals surface area contributed by atoms with Gasteiger partial charge in [0.05, 0.1) is 24.5 Å². The van der Waals surface area contributed by atoms with Gasteiger partial charge in [-0.25, -0.2) is 8.42 Å². The highest BCUT2D eigenvalue weighted by atomic mass is 32.2. The topological polar surface area (TPSA) is 66.8 Å². The fourth-order valence-electron chi connectivity index (χ4n) is 2.02. The fourth-order valence-corrected chi connectivity index (χ4v) is 4.03. The Balaban J connectivity index is 2.69. The fraction of sp³-hybridized carbons (Fsp3) is 1.00. The van der Waals surface area contributed by atoms with E-state index >= 15 is 0 Å². The van der Waals surface area contributed by atoms with Gasteiger partial charge in [-0.3, -0.25) is 0 Å². The molecule has 0 unspecified atom stereocenters. The molecule has 1 fully saturated rings. The Labute approximate surface area is 104 Å². The van der Waals surface area contributed by atoms with E-state index in [9.17, 15) is 13.5 Å². The van der Waals surface area contributed by atoms with E-state index in [1.165, 1.54) is 4.31 Å². The van der Waals surface area contributed by atoms with Crippen molar-refractivity contribution in [3.05, 3.63) is 0 Å². The minimum Gasteiger partial charge on any atom is -0.395 e. The lowest BCUT2D eigenvalue weighted by atomic mass is 10.2. The Bertz CT molecular complexity index is 328.